The van der Waals surface area contributed by atoms with E-state index < -0.39 is 6.04 Å². The van der Waals surface area contributed by atoms with Crippen LogP contribution in [0.25, 0.3) is 0 Å². The van der Waals surface area contributed by atoms with Gasteiger partial charge in [0.15, 0.2) is 0 Å². The largest absolute Gasteiger partial charge is 0.374 e. The number of ether oxygens (including phenoxy) is 1. The summed E-state index contributed by atoms with van der Waals surface area (Å²) in [4.78, 5) is 40.1. The quantitative estimate of drug-likeness (QED) is 0.545. The van der Waals surface area contributed by atoms with Crippen LogP contribution in [-0.4, -0.2) is 68.5 Å². The van der Waals surface area contributed by atoms with Gasteiger partial charge in [0.25, 0.3) is 0 Å². The first-order valence-electron chi connectivity index (χ1n) is 11.4. The fourth-order valence-electron chi connectivity index (χ4n) is 4.99. The molecule has 1 aromatic rings. The lowest BCUT2D eigenvalue weighted by atomic mass is 9.71. The van der Waals surface area contributed by atoms with Gasteiger partial charge in [0.05, 0.1) is 19.1 Å². The molecule has 8 nitrogen and oxygen atoms in total. The van der Waals surface area contributed by atoms with Crippen molar-refractivity contribution in [1.29, 1.82) is 0 Å². The summed E-state index contributed by atoms with van der Waals surface area (Å²) in [5.74, 6) is -0.399. The van der Waals surface area contributed by atoms with Gasteiger partial charge in [-0.3, -0.25) is 14.4 Å². The number of likely N-dealkylation sites (tertiary alicyclic amines) is 1. The zero-order valence-electron chi connectivity index (χ0n) is 19.1. The number of nitrogens with zero attached hydrogens (tertiary/aromatic N) is 1. The number of hydrogen-bond acceptors (Lipinski definition) is 5. The molecule has 2 heterocycles. The summed E-state index contributed by atoms with van der Waals surface area (Å²) in [7, 11) is 1.55. The fraction of sp³-hybridized carbons (Fsp3) is 0.625. The van der Waals surface area contributed by atoms with Gasteiger partial charge in [-0.2, -0.15) is 0 Å². The molecule has 32 heavy (non-hydrogen) atoms. The molecule has 1 spiro atoms. The lowest BCUT2D eigenvalue weighted by Gasteiger charge is -2.50. The van der Waals surface area contributed by atoms with E-state index in [9.17, 15) is 14.4 Å². The zero-order valence-corrected chi connectivity index (χ0v) is 19.1. The summed E-state index contributed by atoms with van der Waals surface area (Å²) in [6.07, 6.45) is 0.939. The van der Waals surface area contributed by atoms with Gasteiger partial charge in [0.2, 0.25) is 17.7 Å². The fourth-order valence-corrected chi connectivity index (χ4v) is 4.99. The van der Waals surface area contributed by atoms with E-state index in [-0.39, 0.29) is 47.0 Å². The molecule has 174 valence electrons. The highest BCUT2D eigenvalue weighted by Gasteiger charge is 2.59. The van der Waals surface area contributed by atoms with Gasteiger partial charge in [-0.15, -0.1) is 0 Å². The molecule has 1 saturated carbocycles. The molecule has 3 atom stereocenters. The first kappa shape index (κ1) is 22.7. The van der Waals surface area contributed by atoms with Crippen LogP contribution in [0.2, 0.25) is 0 Å². The SMILES string of the molecule is CNC(=O)C(COCc1ccccc1)NC(=O)C1CNCC12CN(C(=O)C1CC1(C)C)C2. The third kappa shape index (κ3) is 4.52. The Kier molecular flexibility index (Phi) is 6.27. The van der Waals surface area contributed by atoms with Gasteiger partial charge < -0.3 is 25.6 Å². The highest BCUT2D eigenvalue weighted by Crippen LogP contribution is 2.54. The third-order valence-corrected chi connectivity index (χ3v) is 7.29. The third-order valence-electron chi connectivity index (χ3n) is 7.29. The Morgan fingerprint density at radius 3 is 2.50 bits per heavy atom. The average Bonchev–Trinajstić information content (AvgIpc) is 3.18. The molecule has 0 radical (unpaired) electrons. The molecule has 0 bridgehead atoms. The maximum absolute atomic E-state index is 13.2. The number of hydrogen-bond donors (Lipinski definition) is 3. The van der Waals surface area contributed by atoms with Crippen molar-refractivity contribution in [1.82, 2.24) is 20.9 Å². The maximum Gasteiger partial charge on any atom is 0.244 e. The molecule has 3 amide bonds. The lowest BCUT2D eigenvalue weighted by Crippen LogP contribution is -2.65. The monoisotopic (exact) mass is 442 g/mol. The average molecular weight is 443 g/mol. The molecule has 3 aliphatic rings. The van der Waals surface area contributed by atoms with Crippen molar-refractivity contribution >= 4 is 17.7 Å². The summed E-state index contributed by atoms with van der Waals surface area (Å²) in [5, 5.41) is 8.81. The smallest absolute Gasteiger partial charge is 0.244 e. The first-order chi connectivity index (χ1) is 15.3. The van der Waals surface area contributed by atoms with Gasteiger partial charge in [-0.05, 0) is 17.4 Å². The van der Waals surface area contributed by atoms with Gasteiger partial charge in [-0.1, -0.05) is 44.2 Å². The van der Waals surface area contributed by atoms with Crippen LogP contribution in [0, 0.1) is 22.7 Å². The number of rotatable bonds is 8. The van der Waals surface area contributed by atoms with E-state index in [1.54, 1.807) is 7.05 Å². The second-order valence-electron chi connectivity index (χ2n) is 10.2. The van der Waals surface area contributed by atoms with Crippen molar-refractivity contribution in [2.75, 3.05) is 39.8 Å². The Morgan fingerprint density at radius 2 is 1.88 bits per heavy atom. The Morgan fingerprint density at radius 1 is 1.19 bits per heavy atom. The number of likely N-dealkylation sites (N-methyl/N-ethyl adjacent to an activating group) is 1. The summed E-state index contributed by atoms with van der Waals surface area (Å²) in [5.41, 5.74) is 0.855. The highest BCUT2D eigenvalue weighted by atomic mass is 16.5. The molecule has 3 fully saturated rings. The normalized spacial score (nSPS) is 25.7. The first-order valence-corrected chi connectivity index (χ1v) is 11.4. The maximum atomic E-state index is 13.2. The van der Waals surface area contributed by atoms with Gasteiger partial charge >= 0.3 is 0 Å². The van der Waals surface area contributed by atoms with Crippen molar-refractivity contribution in [3.8, 4) is 0 Å². The minimum atomic E-state index is -0.765. The second-order valence-corrected chi connectivity index (χ2v) is 10.2. The van der Waals surface area contributed by atoms with Crippen LogP contribution in [0.15, 0.2) is 30.3 Å². The van der Waals surface area contributed by atoms with Gasteiger partial charge in [0.1, 0.15) is 6.04 Å². The number of carbonyl (C=O) groups is 3. The van der Waals surface area contributed by atoms with Gasteiger partial charge in [-0.25, -0.2) is 0 Å². The van der Waals surface area contributed by atoms with Gasteiger partial charge in [0, 0.05) is 44.6 Å². The van der Waals surface area contributed by atoms with Crippen LogP contribution in [-0.2, 0) is 25.7 Å². The minimum Gasteiger partial charge on any atom is -0.374 e. The summed E-state index contributed by atoms with van der Waals surface area (Å²) >= 11 is 0. The van der Waals surface area contributed by atoms with Crippen LogP contribution in [0.5, 0.6) is 0 Å². The predicted octanol–water partition coefficient (Wildman–Crippen LogP) is 0.528. The van der Waals surface area contributed by atoms with Crippen molar-refractivity contribution in [3.05, 3.63) is 35.9 Å². The Hall–Kier alpha value is -2.45. The van der Waals surface area contributed by atoms with Crippen molar-refractivity contribution in [2.45, 2.75) is 32.9 Å². The topological polar surface area (TPSA) is 99.8 Å². The molecule has 2 saturated heterocycles. The van der Waals surface area contributed by atoms with E-state index >= 15 is 0 Å². The summed E-state index contributed by atoms with van der Waals surface area (Å²) in [6, 6.07) is 8.93. The van der Waals surface area contributed by atoms with E-state index in [0.29, 0.717) is 32.8 Å². The number of carbonyl (C=O) groups excluding carboxylic acids is 3. The molecule has 1 aliphatic carbocycles. The summed E-state index contributed by atoms with van der Waals surface area (Å²) in [6.45, 7) is 7.15. The molecule has 1 aromatic carbocycles. The summed E-state index contributed by atoms with van der Waals surface area (Å²) < 4.78 is 5.72. The number of nitrogens with one attached hydrogen (secondary N) is 3. The Bertz CT molecular complexity index is 866. The predicted molar refractivity (Wildman–Crippen MR) is 119 cm³/mol. The number of amides is 3. The van der Waals surface area contributed by atoms with E-state index in [1.807, 2.05) is 35.2 Å². The number of benzene rings is 1. The van der Waals surface area contributed by atoms with Crippen molar-refractivity contribution in [3.63, 3.8) is 0 Å². The Labute approximate surface area is 189 Å². The molecule has 8 heteroatoms. The molecular formula is C24H34N4O4. The van der Waals surface area contributed by atoms with Crippen molar-refractivity contribution < 1.29 is 19.1 Å². The van der Waals surface area contributed by atoms with Crippen LogP contribution in [0.1, 0.15) is 25.8 Å². The van der Waals surface area contributed by atoms with Crippen LogP contribution in [0.4, 0.5) is 0 Å². The van der Waals surface area contributed by atoms with E-state index in [0.717, 1.165) is 12.0 Å². The standard InChI is InChI=1S/C24H34N4O4/c1-23(2)9-17(23)22(31)28-14-24(15-28)13-26-10-18(24)20(29)27-19(21(30)25-3)12-32-11-16-7-5-4-6-8-16/h4-8,17-19,26H,9-15H2,1-3H3,(H,25,30)(H,27,29). The lowest BCUT2D eigenvalue weighted by molar-refractivity contribution is -0.151. The van der Waals surface area contributed by atoms with Crippen LogP contribution >= 0.6 is 0 Å². The molecule has 2 aliphatic heterocycles. The van der Waals surface area contributed by atoms with E-state index in [1.165, 1.54) is 0 Å². The highest BCUT2D eigenvalue weighted by molar-refractivity contribution is 5.89. The Balaban J connectivity index is 1.32. The second kappa shape index (κ2) is 8.83. The molecular weight excluding hydrogens is 408 g/mol. The van der Waals surface area contributed by atoms with Crippen LogP contribution < -0.4 is 16.0 Å². The van der Waals surface area contributed by atoms with E-state index in [2.05, 4.69) is 29.8 Å². The molecule has 3 unspecified atom stereocenters. The minimum absolute atomic E-state index is 0.0921. The molecule has 3 N–H and O–H groups in total. The van der Waals surface area contributed by atoms with Crippen LogP contribution in [0.3, 0.4) is 0 Å². The molecule has 0 aromatic heterocycles. The van der Waals surface area contributed by atoms with E-state index in [4.69, 9.17) is 4.74 Å². The zero-order chi connectivity index (χ0) is 22.9. The molecule has 4 rings (SSSR count). The van der Waals surface area contributed by atoms with Crippen molar-refractivity contribution in [2.24, 2.45) is 22.7 Å².